The minimum Gasteiger partial charge on any atom is -0.504 e. The van der Waals surface area contributed by atoms with Crippen molar-refractivity contribution < 1.29 is 15.3 Å². The number of aliphatic hydroxyl groups excluding tert-OH is 1. The van der Waals surface area contributed by atoms with Gasteiger partial charge in [-0.05, 0) is 24.6 Å². The minimum absolute atomic E-state index is 0.193. The molecule has 0 bridgehead atoms. The molecule has 0 aliphatic carbocycles. The van der Waals surface area contributed by atoms with E-state index in [1.165, 1.54) is 12.1 Å². The van der Waals surface area contributed by atoms with Crippen LogP contribution in [0.3, 0.4) is 0 Å². The van der Waals surface area contributed by atoms with E-state index in [9.17, 15) is 0 Å². The third kappa shape index (κ3) is 2.11. The third-order valence-corrected chi connectivity index (χ3v) is 1.90. The first-order chi connectivity index (χ1) is 6.02. The summed E-state index contributed by atoms with van der Waals surface area (Å²) >= 11 is 0. The maximum absolute atomic E-state index is 9.17. The van der Waals surface area contributed by atoms with E-state index in [0.29, 0.717) is 5.56 Å². The highest BCUT2D eigenvalue weighted by Crippen LogP contribution is 2.27. The Morgan fingerprint density at radius 2 is 1.85 bits per heavy atom. The lowest BCUT2D eigenvalue weighted by Gasteiger charge is -2.15. The van der Waals surface area contributed by atoms with Crippen LogP contribution in [-0.4, -0.2) is 21.4 Å². The van der Waals surface area contributed by atoms with E-state index in [2.05, 4.69) is 0 Å². The molecule has 0 fully saturated rings. The summed E-state index contributed by atoms with van der Waals surface area (Å²) in [4.78, 5) is 0. The molecule has 0 spiro atoms. The largest absolute Gasteiger partial charge is 0.504 e. The first-order valence-corrected chi connectivity index (χ1v) is 3.98. The lowest BCUT2D eigenvalue weighted by Crippen LogP contribution is -2.22. The van der Waals surface area contributed by atoms with Crippen molar-refractivity contribution in [1.82, 2.24) is 0 Å². The van der Waals surface area contributed by atoms with Crippen LogP contribution >= 0.6 is 0 Å². The average Bonchev–Trinajstić information content (AvgIpc) is 2.08. The van der Waals surface area contributed by atoms with Crippen molar-refractivity contribution in [2.75, 3.05) is 0 Å². The number of phenols is 2. The maximum Gasteiger partial charge on any atom is 0.157 e. The SMILES string of the molecule is CC(O)[C@H](N)c1ccc(O)c(O)c1. The van der Waals surface area contributed by atoms with Crippen molar-refractivity contribution in [2.45, 2.75) is 19.1 Å². The quantitative estimate of drug-likeness (QED) is 0.502. The predicted molar refractivity (Wildman–Crippen MR) is 48.4 cm³/mol. The Bertz CT molecular complexity index is 299. The van der Waals surface area contributed by atoms with E-state index in [0.717, 1.165) is 0 Å². The van der Waals surface area contributed by atoms with Gasteiger partial charge in [0.15, 0.2) is 11.5 Å². The van der Waals surface area contributed by atoms with Gasteiger partial charge < -0.3 is 21.1 Å². The number of rotatable bonds is 2. The number of aliphatic hydroxyl groups is 1. The van der Waals surface area contributed by atoms with Crippen LogP contribution in [-0.2, 0) is 0 Å². The highest BCUT2D eigenvalue weighted by molar-refractivity contribution is 5.41. The molecule has 4 heteroatoms. The number of phenolic OH excluding ortho intramolecular Hbond substituents is 2. The molecular formula is C9H13NO3. The van der Waals surface area contributed by atoms with Gasteiger partial charge in [-0.15, -0.1) is 0 Å². The summed E-state index contributed by atoms with van der Waals surface area (Å²) < 4.78 is 0. The lowest BCUT2D eigenvalue weighted by molar-refractivity contribution is 0.164. The van der Waals surface area contributed by atoms with E-state index < -0.39 is 12.1 Å². The summed E-state index contributed by atoms with van der Waals surface area (Å²) in [6, 6.07) is 3.69. The van der Waals surface area contributed by atoms with Crippen LogP contribution in [0.25, 0.3) is 0 Å². The summed E-state index contributed by atoms with van der Waals surface area (Å²) in [7, 11) is 0. The van der Waals surface area contributed by atoms with Gasteiger partial charge in [0.2, 0.25) is 0 Å². The Kier molecular flexibility index (Phi) is 2.75. The average molecular weight is 183 g/mol. The van der Waals surface area contributed by atoms with E-state index in [4.69, 9.17) is 21.1 Å². The second-order valence-electron chi connectivity index (χ2n) is 3.01. The van der Waals surface area contributed by atoms with Crippen molar-refractivity contribution in [3.05, 3.63) is 23.8 Å². The Balaban J connectivity index is 2.97. The Morgan fingerprint density at radius 1 is 1.23 bits per heavy atom. The zero-order valence-electron chi connectivity index (χ0n) is 7.31. The molecule has 4 nitrogen and oxygen atoms in total. The topological polar surface area (TPSA) is 86.7 Å². The summed E-state index contributed by atoms with van der Waals surface area (Å²) in [6.07, 6.45) is -0.691. The molecule has 72 valence electrons. The standard InChI is InChI=1S/C9H13NO3/c1-5(11)9(10)6-2-3-7(12)8(13)4-6/h2-5,9,11-13H,10H2,1H3/t5?,9-/m0/s1. The van der Waals surface area contributed by atoms with E-state index >= 15 is 0 Å². The van der Waals surface area contributed by atoms with Gasteiger partial charge in [-0.3, -0.25) is 0 Å². The normalized spacial score (nSPS) is 15.3. The Hall–Kier alpha value is -1.26. The van der Waals surface area contributed by atoms with Crippen molar-refractivity contribution in [3.63, 3.8) is 0 Å². The molecule has 0 saturated heterocycles. The van der Waals surface area contributed by atoms with Gasteiger partial charge in [-0.25, -0.2) is 0 Å². The number of hydrogen-bond donors (Lipinski definition) is 4. The van der Waals surface area contributed by atoms with Gasteiger partial charge in [-0.2, -0.15) is 0 Å². The Labute approximate surface area is 76.2 Å². The molecule has 0 aliphatic heterocycles. The number of aromatic hydroxyl groups is 2. The van der Waals surface area contributed by atoms with Gasteiger partial charge in [0, 0.05) is 0 Å². The molecule has 0 radical (unpaired) electrons. The smallest absolute Gasteiger partial charge is 0.157 e. The molecule has 1 unspecified atom stereocenters. The number of hydrogen-bond acceptors (Lipinski definition) is 4. The van der Waals surface area contributed by atoms with E-state index in [-0.39, 0.29) is 11.5 Å². The van der Waals surface area contributed by atoms with Crippen LogP contribution in [0.2, 0.25) is 0 Å². The van der Waals surface area contributed by atoms with Crippen LogP contribution in [0.5, 0.6) is 11.5 Å². The predicted octanol–water partition coefficient (Wildman–Crippen LogP) is 0.478. The first-order valence-electron chi connectivity index (χ1n) is 3.98. The van der Waals surface area contributed by atoms with Crippen molar-refractivity contribution >= 4 is 0 Å². The van der Waals surface area contributed by atoms with Crippen LogP contribution in [0, 0.1) is 0 Å². The van der Waals surface area contributed by atoms with Gasteiger partial charge in [-0.1, -0.05) is 6.07 Å². The molecule has 1 aromatic carbocycles. The lowest BCUT2D eigenvalue weighted by atomic mass is 10.0. The molecule has 0 aromatic heterocycles. The second kappa shape index (κ2) is 3.64. The third-order valence-electron chi connectivity index (χ3n) is 1.90. The van der Waals surface area contributed by atoms with Crippen molar-refractivity contribution in [1.29, 1.82) is 0 Å². The molecule has 1 rings (SSSR count). The minimum atomic E-state index is -0.691. The first kappa shape index (κ1) is 9.83. The molecule has 5 N–H and O–H groups in total. The van der Waals surface area contributed by atoms with Crippen molar-refractivity contribution in [3.8, 4) is 11.5 Å². The fourth-order valence-electron chi connectivity index (χ4n) is 1.03. The van der Waals surface area contributed by atoms with Gasteiger partial charge in [0.1, 0.15) is 0 Å². The van der Waals surface area contributed by atoms with Crippen LogP contribution in [0.15, 0.2) is 18.2 Å². The molecule has 1 aromatic rings. The zero-order valence-corrected chi connectivity index (χ0v) is 7.31. The molecule has 0 aliphatic rings. The van der Waals surface area contributed by atoms with Gasteiger partial charge >= 0.3 is 0 Å². The van der Waals surface area contributed by atoms with Gasteiger partial charge in [0.05, 0.1) is 12.1 Å². The van der Waals surface area contributed by atoms with E-state index in [1.54, 1.807) is 13.0 Å². The van der Waals surface area contributed by atoms with Crippen LogP contribution in [0.4, 0.5) is 0 Å². The highest BCUT2D eigenvalue weighted by atomic mass is 16.3. The zero-order chi connectivity index (χ0) is 10.0. The molecule has 0 saturated carbocycles. The number of nitrogens with two attached hydrogens (primary N) is 1. The fourth-order valence-corrected chi connectivity index (χ4v) is 1.03. The molecular weight excluding hydrogens is 170 g/mol. The summed E-state index contributed by atoms with van der Waals surface area (Å²) in [5.74, 6) is -0.421. The fraction of sp³-hybridized carbons (Fsp3) is 0.333. The summed E-state index contributed by atoms with van der Waals surface area (Å²) in [5.41, 5.74) is 6.20. The van der Waals surface area contributed by atoms with Gasteiger partial charge in [0.25, 0.3) is 0 Å². The van der Waals surface area contributed by atoms with Crippen molar-refractivity contribution in [2.24, 2.45) is 5.73 Å². The summed E-state index contributed by atoms with van der Waals surface area (Å²) in [5, 5.41) is 27.3. The number of benzene rings is 1. The second-order valence-corrected chi connectivity index (χ2v) is 3.01. The Morgan fingerprint density at radius 3 is 2.31 bits per heavy atom. The maximum atomic E-state index is 9.17. The van der Waals surface area contributed by atoms with Crippen LogP contribution in [0.1, 0.15) is 18.5 Å². The van der Waals surface area contributed by atoms with E-state index in [1.807, 2.05) is 0 Å². The molecule has 0 heterocycles. The monoisotopic (exact) mass is 183 g/mol. The molecule has 2 atom stereocenters. The summed E-state index contributed by atoms with van der Waals surface area (Å²) in [6.45, 7) is 1.56. The highest BCUT2D eigenvalue weighted by Gasteiger charge is 2.13. The molecule has 13 heavy (non-hydrogen) atoms. The van der Waals surface area contributed by atoms with Crippen LogP contribution < -0.4 is 5.73 Å². The molecule has 0 amide bonds.